The number of nitrogens with zero attached hydrogens (tertiary/aromatic N) is 4. The van der Waals surface area contributed by atoms with Crippen molar-refractivity contribution in [2.75, 3.05) is 20.2 Å². The van der Waals surface area contributed by atoms with Gasteiger partial charge in [0, 0.05) is 32.9 Å². The summed E-state index contributed by atoms with van der Waals surface area (Å²) in [6, 6.07) is 12.2. The van der Waals surface area contributed by atoms with Crippen molar-refractivity contribution < 1.29 is 9.53 Å². The highest BCUT2D eigenvalue weighted by atomic mass is 16.5. The Morgan fingerprint density at radius 3 is 2.46 bits per heavy atom. The minimum atomic E-state index is -0.328. The van der Waals surface area contributed by atoms with E-state index in [0.717, 1.165) is 35.3 Å². The van der Waals surface area contributed by atoms with Crippen molar-refractivity contribution in [2.24, 2.45) is 7.05 Å². The summed E-state index contributed by atoms with van der Waals surface area (Å²) in [7, 11) is 3.63. The second kappa shape index (κ2) is 7.02. The van der Waals surface area contributed by atoms with E-state index in [-0.39, 0.29) is 11.5 Å². The van der Waals surface area contributed by atoms with E-state index in [1.165, 1.54) is 5.56 Å². The Hall–Kier alpha value is -2.73. The molecule has 0 radical (unpaired) electrons. The zero-order valence-corrected chi connectivity index (χ0v) is 16.9. The third kappa shape index (κ3) is 2.98. The Morgan fingerprint density at radius 2 is 1.82 bits per heavy atom. The molecule has 3 aromatic rings. The number of methoxy groups -OCH3 is 1. The maximum Gasteiger partial charge on any atom is 0.254 e. The van der Waals surface area contributed by atoms with Crippen LogP contribution in [0, 0.1) is 13.8 Å². The largest absolute Gasteiger partial charge is 0.373 e. The molecule has 6 heteroatoms. The lowest BCUT2D eigenvalue weighted by Gasteiger charge is -2.41. The zero-order chi connectivity index (χ0) is 19.9. The lowest BCUT2D eigenvalue weighted by molar-refractivity contribution is -0.0574. The minimum Gasteiger partial charge on any atom is -0.373 e. The molecule has 0 aliphatic carbocycles. The average molecular weight is 378 g/mol. The van der Waals surface area contributed by atoms with Gasteiger partial charge in [-0.3, -0.25) is 9.48 Å². The first-order chi connectivity index (χ1) is 13.4. The smallest absolute Gasteiger partial charge is 0.254 e. The second-order valence-corrected chi connectivity index (χ2v) is 7.58. The maximum absolute atomic E-state index is 13.4. The van der Waals surface area contributed by atoms with Crippen LogP contribution in [-0.4, -0.2) is 45.8 Å². The predicted octanol–water partition coefficient (Wildman–Crippen LogP) is 3.36. The number of piperidine rings is 1. The number of rotatable bonds is 3. The first kappa shape index (κ1) is 18.6. The average Bonchev–Trinajstić information content (AvgIpc) is 3.01. The van der Waals surface area contributed by atoms with E-state index in [2.05, 4.69) is 22.2 Å². The van der Waals surface area contributed by atoms with Crippen LogP contribution in [0.5, 0.6) is 0 Å². The van der Waals surface area contributed by atoms with Crippen LogP contribution < -0.4 is 0 Å². The van der Waals surface area contributed by atoms with E-state index in [4.69, 9.17) is 4.74 Å². The highest BCUT2D eigenvalue weighted by Gasteiger charge is 2.38. The van der Waals surface area contributed by atoms with E-state index >= 15 is 0 Å². The van der Waals surface area contributed by atoms with E-state index in [0.29, 0.717) is 18.7 Å². The van der Waals surface area contributed by atoms with Gasteiger partial charge in [0.15, 0.2) is 5.65 Å². The summed E-state index contributed by atoms with van der Waals surface area (Å²) in [4.78, 5) is 19.9. The SMILES string of the molecule is COC1(c2ccccc2)CCN(C(=O)c2cc(C)nc3c2c(C)nn3C)CC1. The number of carbonyl (C=O) groups is 1. The summed E-state index contributed by atoms with van der Waals surface area (Å²) >= 11 is 0. The van der Waals surface area contributed by atoms with E-state index < -0.39 is 0 Å². The van der Waals surface area contributed by atoms with Crippen LogP contribution in [0.3, 0.4) is 0 Å². The van der Waals surface area contributed by atoms with Crippen molar-refractivity contribution in [1.82, 2.24) is 19.7 Å². The number of pyridine rings is 1. The number of ether oxygens (including phenoxy) is 1. The van der Waals surface area contributed by atoms with Gasteiger partial charge in [0.05, 0.1) is 22.2 Å². The molecule has 146 valence electrons. The summed E-state index contributed by atoms with van der Waals surface area (Å²) < 4.78 is 7.70. The summed E-state index contributed by atoms with van der Waals surface area (Å²) in [5, 5.41) is 5.31. The molecule has 6 nitrogen and oxygen atoms in total. The van der Waals surface area contributed by atoms with Gasteiger partial charge >= 0.3 is 0 Å². The molecule has 1 amide bonds. The number of amides is 1. The van der Waals surface area contributed by atoms with Crippen molar-refractivity contribution in [2.45, 2.75) is 32.3 Å². The highest BCUT2D eigenvalue weighted by Crippen LogP contribution is 2.37. The first-order valence-corrected chi connectivity index (χ1v) is 9.66. The van der Waals surface area contributed by atoms with Gasteiger partial charge in [-0.2, -0.15) is 5.10 Å². The zero-order valence-electron chi connectivity index (χ0n) is 16.9. The number of hydrogen-bond donors (Lipinski definition) is 0. The predicted molar refractivity (Wildman–Crippen MR) is 108 cm³/mol. The van der Waals surface area contributed by atoms with Gasteiger partial charge in [-0.1, -0.05) is 30.3 Å². The molecule has 0 atom stereocenters. The lowest BCUT2D eigenvalue weighted by atomic mass is 9.84. The Morgan fingerprint density at radius 1 is 1.14 bits per heavy atom. The van der Waals surface area contributed by atoms with Crippen molar-refractivity contribution in [3.8, 4) is 0 Å². The number of fused-ring (bicyclic) bond motifs is 1. The molecule has 1 aromatic carbocycles. The summed E-state index contributed by atoms with van der Waals surface area (Å²) in [6.07, 6.45) is 1.55. The minimum absolute atomic E-state index is 0.0457. The van der Waals surface area contributed by atoms with E-state index in [1.807, 2.05) is 50.1 Å². The Labute approximate surface area is 165 Å². The van der Waals surface area contributed by atoms with E-state index in [1.54, 1.807) is 11.8 Å². The molecule has 0 bridgehead atoms. The van der Waals surface area contributed by atoms with Crippen molar-refractivity contribution in [1.29, 1.82) is 0 Å². The molecule has 0 N–H and O–H groups in total. The fourth-order valence-electron chi connectivity index (χ4n) is 4.33. The monoisotopic (exact) mass is 378 g/mol. The fourth-order valence-corrected chi connectivity index (χ4v) is 4.33. The highest BCUT2D eigenvalue weighted by molar-refractivity contribution is 6.06. The third-order valence-corrected chi connectivity index (χ3v) is 5.88. The molecule has 1 saturated heterocycles. The van der Waals surface area contributed by atoms with Gasteiger partial charge in [-0.05, 0) is 38.3 Å². The molecule has 1 aliphatic rings. The van der Waals surface area contributed by atoms with Gasteiger partial charge in [-0.15, -0.1) is 0 Å². The van der Waals surface area contributed by atoms with Crippen LogP contribution in [-0.2, 0) is 17.4 Å². The van der Waals surface area contributed by atoms with Crippen LogP contribution in [0.25, 0.3) is 11.0 Å². The molecular formula is C22H26N4O2. The Bertz CT molecular complexity index is 1020. The topological polar surface area (TPSA) is 60.2 Å². The number of likely N-dealkylation sites (tertiary alicyclic amines) is 1. The van der Waals surface area contributed by atoms with E-state index in [9.17, 15) is 4.79 Å². The molecule has 0 spiro atoms. The molecule has 4 rings (SSSR count). The molecule has 1 aliphatic heterocycles. The third-order valence-electron chi connectivity index (χ3n) is 5.88. The Kier molecular flexibility index (Phi) is 4.67. The number of aryl methyl sites for hydroxylation is 3. The van der Waals surface area contributed by atoms with Crippen LogP contribution in [0.1, 0.15) is 40.2 Å². The molecule has 2 aromatic heterocycles. The van der Waals surface area contributed by atoms with Gasteiger partial charge in [0.2, 0.25) is 0 Å². The lowest BCUT2D eigenvalue weighted by Crippen LogP contribution is -2.46. The molecule has 3 heterocycles. The van der Waals surface area contributed by atoms with Crippen molar-refractivity contribution in [3.05, 3.63) is 58.9 Å². The molecule has 0 saturated carbocycles. The normalized spacial score (nSPS) is 16.5. The summed E-state index contributed by atoms with van der Waals surface area (Å²) in [5.41, 5.74) is 3.96. The number of carbonyl (C=O) groups excluding carboxylic acids is 1. The summed E-state index contributed by atoms with van der Waals surface area (Å²) in [5.74, 6) is 0.0457. The number of benzene rings is 1. The molecular weight excluding hydrogens is 352 g/mol. The quantitative estimate of drug-likeness (QED) is 0.701. The first-order valence-electron chi connectivity index (χ1n) is 9.66. The maximum atomic E-state index is 13.4. The molecule has 0 unspecified atom stereocenters. The van der Waals surface area contributed by atoms with Crippen LogP contribution >= 0.6 is 0 Å². The van der Waals surface area contributed by atoms with Gasteiger partial charge in [0.1, 0.15) is 0 Å². The second-order valence-electron chi connectivity index (χ2n) is 7.58. The van der Waals surface area contributed by atoms with Gasteiger partial charge in [0.25, 0.3) is 5.91 Å². The van der Waals surface area contributed by atoms with Crippen LogP contribution in [0.4, 0.5) is 0 Å². The Balaban J connectivity index is 1.62. The fraction of sp³-hybridized carbons (Fsp3) is 0.409. The van der Waals surface area contributed by atoms with Crippen LogP contribution in [0.2, 0.25) is 0 Å². The van der Waals surface area contributed by atoms with Crippen LogP contribution in [0.15, 0.2) is 36.4 Å². The van der Waals surface area contributed by atoms with Gasteiger partial charge in [-0.25, -0.2) is 4.98 Å². The van der Waals surface area contributed by atoms with Gasteiger partial charge < -0.3 is 9.64 Å². The molecule has 1 fully saturated rings. The van der Waals surface area contributed by atoms with Crippen molar-refractivity contribution in [3.63, 3.8) is 0 Å². The standard InChI is InChI=1S/C22H26N4O2/c1-15-14-18(19-16(2)24-25(3)20(19)23-15)21(27)26-12-10-22(28-4,11-13-26)17-8-6-5-7-9-17/h5-9,14H,10-13H2,1-4H3. The number of hydrogen-bond acceptors (Lipinski definition) is 4. The summed E-state index contributed by atoms with van der Waals surface area (Å²) in [6.45, 7) is 5.16. The van der Waals surface area contributed by atoms with Crippen molar-refractivity contribution >= 4 is 16.9 Å². The molecule has 28 heavy (non-hydrogen) atoms. The number of aromatic nitrogens is 3.